The Bertz CT molecular complexity index is 775. The first-order valence-electron chi connectivity index (χ1n) is 8.46. The van der Waals surface area contributed by atoms with Crippen molar-refractivity contribution in [3.8, 4) is 11.3 Å². The van der Waals surface area contributed by atoms with Crippen molar-refractivity contribution in [3.63, 3.8) is 0 Å². The predicted octanol–water partition coefficient (Wildman–Crippen LogP) is 3.75. The quantitative estimate of drug-likeness (QED) is 0.902. The number of likely N-dealkylation sites (tertiary alicyclic amines) is 1. The highest BCUT2D eigenvalue weighted by molar-refractivity contribution is 5.95. The summed E-state index contributed by atoms with van der Waals surface area (Å²) in [5.41, 5.74) is -0.286. The van der Waals surface area contributed by atoms with E-state index in [1.165, 1.54) is 36.5 Å². The van der Waals surface area contributed by atoms with E-state index in [0.29, 0.717) is 17.7 Å². The largest absolute Gasteiger partial charge is 0.418 e. The zero-order chi connectivity index (χ0) is 18.7. The van der Waals surface area contributed by atoms with E-state index in [9.17, 15) is 23.1 Å². The molecule has 1 aromatic carbocycles. The van der Waals surface area contributed by atoms with E-state index in [2.05, 4.69) is 4.98 Å². The molecule has 0 spiro atoms. The second kappa shape index (κ2) is 7.45. The van der Waals surface area contributed by atoms with Crippen molar-refractivity contribution in [1.82, 2.24) is 9.88 Å². The molecule has 0 saturated carbocycles. The van der Waals surface area contributed by atoms with Crippen LogP contribution in [-0.2, 0) is 6.18 Å². The number of halogens is 3. The molecule has 1 N–H and O–H groups in total. The molecule has 1 atom stereocenters. The van der Waals surface area contributed by atoms with Gasteiger partial charge < -0.3 is 10.0 Å². The molecule has 2 heterocycles. The van der Waals surface area contributed by atoms with Gasteiger partial charge in [-0.25, -0.2) is 0 Å². The molecule has 26 heavy (non-hydrogen) atoms. The Hall–Kier alpha value is -2.41. The number of pyridine rings is 1. The van der Waals surface area contributed by atoms with Crippen LogP contribution in [0.3, 0.4) is 0 Å². The van der Waals surface area contributed by atoms with E-state index in [1.54, 1.807) is 4.90 Å². The molecule has 0 aliphatic carbocycles. The van der Waals surface area contributed by atoms with Crippen LogP contribution in [0.5, 0.6) is 0 Å². The van der Waals surface area contributed by atoms with Crippen molar-refractivity contribution in [3.05, 3.63) is 53.7 Å². The maximum atomic E-state index is 13.1. The molecular weight excluding hydrogens is 345 g/mol. The summed E-state index contributed by atoms with van der Waals surface area (Å²) < 4.78 is 39.4. The highest BCUT2D eigenvalue weighted by atomic mass is 19.4. The van der Waals surface area contributed by atoms with Crippen molar-refractivity contribution >= 4 is 5.91 Å². The number of aliphatic hydroxyl groups is 1. The van der Waals surface area contributed by atoms with Gasteiger partial charge in [0.2, 0.25) is 0 Å². The third-order valence-corrected chi connectivity index (χ3v) is 4.62. The summed E-state index contributed by atoms with van der Waals surface area (Å²) in [7, 11) is 0. The Morgan fingerprint density at radius 2 is 1.92 bits per heavy atom. The standard InChI is InChI=1S/C19H19F3N2O2/c20-19(21,22)16-5-3-10-23-17(16)13-6-8-14(9-7-13)18(26)24-11-2-1-4-15(24)12-25/h3,5-10,15,25H,1-2,4,11-12H2. The molecule has 1 aliphatic rings. The number of hydrogen-bond acceptors (Lipinski definition) is 3. The van der Waals surface area contributed by atoms with Gasteiger partial charge in [0, 0.05) is 23.9 Å². The summed E-state index contributed by atoms with van der Waals surface area (Å²) in [6, 6.07) is 8.00. The van der Waals surface area contributed by atoms with Crippen LogP contribution in [0.15, 0.2) is 42.6 Å². The second-order valence-corrected chi connectivity index (χ2v) is 6.31. The number of amides is 1. The fourth-order valence-corrected chi connectivity index (χ4v) is 3.26. The Balaban J connectivity index is 1.87. The van der Waals surface area contributed by atoms with E-state index in [0.717, 1.165) is 25.3 Å². The number of aliphatic hydroxyl groups excluding tert-OH is 1. The fourth-order valence-electron chi connectivity index (χ4n) is 3.26. The van der Waals surface area contributed by atoms with E-state index in [4.69, 9.17) is 0 Å². The van der Waals surface area contributed by atoms with Gasteiger partial charge in [-0.3, -0.25) is 9.78 Å². The van der Waals surface area contributed by atoms with Crippen LogP contribution in [0, 0.1) is 0 Å². The Labute approximate surface area is 149 Å². The molecule has 1 unspecified atom stereocenters. The normalized spacial score (nSPS) is 18.0. The minimum absolute atomic E-state index is 0.0906. The minimum Gasteiger partial charge on any atom is -0.394 e. The third-order valence-electron chi connectivity index (χ3n) is 4.62. The average molecular weight is 364 g/mol. The zero-order valence-corrected chi connectivity index (χ0v) is 14.0. The number of carbonyl (C=O) groups excluding carboxylic acids is 1. The lowest BCUT2D eigenvalue weighted by Crippen LogP contribution is -2.45. The fraction of sp³-hybridized carbons (Fsp3) is 0.368. The Morgan fingerprint density at radius 3 is 2.58 bits per heavy atom. The van der Waals surface area contributed by atoms with E-state index < -0.39 is 11.7 Å². The van der Waals surface area contributed by atoms with Crippen LogP contribution >= 0.6 is 0 Å². The van der Waals surface area contributed by atoms with Gasteiger partial charge in [-0.1, -0.05) is 12.1 Å². The van der Waals surface area contributed by atoms with Gasteiger partial charge in [0.1, 0.15) is 0 Å². The van der Waals surface area contributed by atoms with Gasteiger partial charge in [0.05, 0.1) is 23.9 Å². The third kappa shape index (κ3) is 3.72. The molecule has 3 rings (SSSR count). The molecule has 1 aliphatic heterocycles. The maximum Gasteiger partial charge on any atom is 0.418 e. The second-order valence-electron chi connectivity index (χ2n) is 6.31. The van der Waals surface area contributed by atoms with Crippen LogP contribution in [0.1, 0.15) is 35.2 Å². The first-order chi connectivity index (χ1) is 12.4. The number of alkyl halides is 3. The predicted molar refractivity (Wildman–Crippen MR) is 90.4 cm³/mol. The summed E-state index contributed by atoms with van der Waals surface area (Å²) in [6.07, 6.45) is -0.594. The van der Waals surface area contributed by atoms with Gasteiger partial charge >= 0.3 is 6.18 Å². The number of aromatic nitrogens is 1. The van der Waals surface area contributed by atoms with Crippen LogP contribution in [0.2, 0.25) is 0 Å². The Morgan fingerprint density at radius 1 is 1.19 bits per heavy atom. The van der Waals surface area contributed by atoms with Gasteiger partial charge in [-0.05, 0) is 43.5 Å². The molecule has 2 aromatic rings. The topological polar surface area (TPSA) is 53.4 Å². The number of hydrogen-bond donors (Lipinski definition) is 1. The highest BCUT2D eigenvalue weighted by Crippen LogP contribution is 2.35. The minimum atomic E-state index is -4.50. The molecule has 0 radical (unpaired) electrons. The molecule has 4 nitrogen and oxygen atoms in total. The maximum absolute atomic E-state index is 13.1. The van der Waals surface area contributed by atoms with Crippen LogP contribution in [0.4, 0.5) is 13.2 Å². The SMILES string of the molecule is O=C(c1ccc(-c2ncccc2C(F)(F)F)cc1)N1CCCCC1CO. The molecular formula is C19H19F3N2O2. The van der Waals surface area contributed by atoms with Crippen LogP contribution < -0.4 is 0 Å². The van der Waals surface area contributed by atoms with Gasteiger partial charge in [-0.15, -0.1) is 0 Å². The molecule has 1 saturated heterocycles. The summed E-state index contributed by atoms with van der Waals surface area (Å²) in [5, 5.41) is 9.45. The number of nitrogens with zero attached hydrogens (tertiary/aromatic N) is 2. The average Bonchev–Trinajstić information content (AvgIpc) is 2.67. The van der Waals surface area contributed by atoms with Crippen molar-refractivity contribution in [2.75, 3.05) is 13.2 Å². The molecule has 1 amide bonds. The van der Waals surface area contributed by atoms with E-state index in [1.807, 2.05) is 0 Å². The van der Waals surface area contributed by atoms with Crippen molar-refractivity contribution in [2.24, 2.45) is 0 Å². The molecule has 7 heteroatoms. The summed E-state index contributed by atoms with van der Waals surface area (Å²) in [6.45, 7) is 0.483. The highest BCUT2D eigenvalue weighted by Gasteiger charge is 2.34. The summed E-state index contributed by atoms with van der Waals surface area (Å²) in [4.78, 5) is 18.2. The van der Waals surface area contributed by atoms with Crippen molar-refractivity contribution < 1.29 is 23.1 Å². The lowest BCUT2D eigenvalue weighted by atomic mass is 10.00. The van der Waals surface area contributed by atoms with Crippen LogP contribution in [0.25, 0.3) is 11.3 Å². The number of piperidine rings is 1. The summed E-state index contributed by atoms with van der Waals surface area (Å²) >= 11 is 0. The monoisotopic (exact) mass is 364 g/mol. The van der Waals surface area contributed by atoms with E-state index in [-0.39, 0.29) is 24.2 Å². The lowest BCUT2D eigenvalue weighted by Gasteiger charge is -2.34. The molecule has 138 valence electrons. The van der Waals surface area contributed by atoms with Gasteiger partial charge in [-0.2, -0.15) is 13.2 Å². The van der Waals surface area contributed by atoms with Crippen LogP contribution in [-0.4, -0.2) is 40.1 Å². The van der Waals surface area contributed by atoms with Gasteiger partial charge in [0.15, 0.2) is 0 Å². The Kier molecular flexibility index (Phi) is 5.27. The van der Waals surface area contributed by atoms with E-state index >= 15 is 0 Å². The first-order valence-corrected chi connectivity index (χ1v) is 8.46. The van der Waals surface area contributed by atoms with Crippen molar-refractivity contribution in [1.29, 1.82) is 0 Å². The molecule has 1 fully saturated rings. The number of benzene rings is 1. The zero-order valence-electron chi connectivity index (χ0n) is 14.0. The van der Waals surface area contributed by atoms with Crippen molar-refractivity contribution in [2.45, 2.75) is 31.5 Å². The lowest BCUT2D eigenvalue weighted by molar-refractivity contribution is -0.137. The van der Waals surface area contributed by atoms with Gasteiger partial charge in [0.25, 0.3) is 5.91 Å². The summed E-state index contributed by atoms with van der Waals surface area (Å²) in [5.74, 6) is -0.215. The smallest absolute Gasteiger partial charge is 0.394 e. The number of carbonyl (C=O) groups is 1. The first kappa shape index (κ1) is 18.4. The number of rotatable bonds is 3. The molecule has 1 aromatic heterocycles. The molecule has 0 bridgehead atoms.